The van der Waals surface area contributed by atoms with Gasteiger partial charge in [0, 0.05) is 50.1 Å². The summed E-state index contributed by atoms with van der Waals surface area (Å²) < 4.78 is 25.4. The molecule has 2 fully saturated rings. The monoisotopic (exact) mass is 351 g/mol. The molecule has 130 valence electrons. The number of carbonyl (C=O) groups is 2. The molecule has 0 saturated carbocycles. The van der Waals surface area contributed by atoms with Gasteiger partial charge in [-0.15, -0.1) is 0 Å². The first-order chi connectivity index (χ1) is 11.3. The van der Waals surface area contributed by atoms with Gasteiger partial charge in [-0.1, -0.05) is 18.2 Å². The van der Waals surface area contributed by atoms with Crippen LogP contribution in [0.2, 0.25) is 0 Å². The van der Waals surface area contributed by atoms with Crippen molar-refractivity contribution in [3.8, 4) is 0 Å². The largest absolute Gasteiger partial charge is 0.355 e. The van der Waals surface area contributed by atoms with Gasteiger partial charge in [-0.2, -0.15) is 4.31 Å². The molecular weight excluding hydrogens is 330 g/mol. The first-order valence-corrected chi connectivity index (χ1v) is 9.70. The number of nitrogens with zero attached hydrogens (tertiary/aromatic N) is 2. The normalized spacial score (nSPS) is 25.5. The highest BCUT2D eigenvalue weighted by Gasteiger charge is 2.45. The van der Waals surface area contributed by atoms with Crippen molar-refractivity contribution in [1.82, 2.24) is 14.5 Å². The van der Waals surface area contributed by atoms with Crippen LogP contribution in [0.5, 0.6) is 0 Å². The molecule has 0 radical (unpaired) electrons. The van der Waals surface area contributed by atoms with E-state index >= 15 is 0 Å². The van der Waals surface area contributed by atoms with E-state index in [2.05, 4.69) is 5.32 Å². The summed E-state index contributed by atoms with van der Waals surface area (Å²) >= 11 is 0. The summed E-state index contributed by atoms with van der Waals surface area (Å²) in [6.07, 6.45) is 1.40. The van der Waals surface area contributed by atoms with E-state index in [0.29, 0.717) is 25.2 Å². The molecule has 2 aliphatic heterocycles. The first kappa shape index (κ1) is 16.9. The van der Waals surface area contributed by atoms with E-state index < -0.39 is 15.4 Å². The average Bonchev–Trinajstić information content (AvgIpc) is 2.78. The van der Waals surface area contributed by atoms with Crippen LogP contribution in [0.25, 0.3) is 0 Å². The third-order valence-electron chi connectivity index (χ3n) is 4.63. The van der Waals surface area contributed by atoms with Crippen LogP contribution in [0.4, 0.5) is 0 Å². The average molecular weight is 351 g/mol. The van der Waals surface area contributed by atoms with Gasteiger partial charge in [-0.3, -0.25) is 9.59 Å². The molecular formula is C16H21N3O4S. The molecule has 2 saturated heterocycles. The fourth-order valence-corrected chi connectivity index (χ4v) is 4.34. The second-order valence-corrected chi connectivity index (χ2v) is 8.63. The third kappa shape index (κ3) is 3.44. The minimum Gasteiger partial charge on any atom is -0.355 e. The SMILES string of the molecule is CS(=O)(=O)N1CCN(C(=O)c2ccccc2)C[C@@]2(CNC(=O)C2)C1. The number of rotatable bonds is 2. The van der Waals surface area contributed by atoms with Crippen LogP contribution in [0.3, 0.4) is 0 Å². The summed E-state index contributed by atoms with van der Waals surface area (Å²) in [5.41, 5.74) is -0.000999. The standard InChI is InChI=1S/C16H21N3O4S/c1-24(22,23)19-8-7-18(15(21)13-5-3-2-4-6-13)11-16(12-19)9-14(20)17-10-16/h2-6H,7-12H2,1H3,(H,17,20)/t16-/m1/s1. The third-order valence-corrected chi connectivity index (χ3v) is 5.88. The zero-order valence-electron chi connectivity index (χ0n) is 13.6. The maximum atomic E-state index is 12.8. The smallest absolute Gasteiger partial charge is 0.253 e. The highest BCUT2D eigenvalue weighted by molar-refractivity contribution is 7.88. The summed E-state index contributed by atoms with van der Waals surface area (Å²) in [5, 5.41) is 2.78. The predicted molar refractivity (Wildman–Crippen MR) is 88.8 cm³/mol. The molecule has 0 unspecified atom stereocenters. The van der Waals surface area contributed by atoms with E-state index in [4.69, 9.17) is 0 Å². The van der Waals surface area contributed by atoms with Crippen LogP contribution in [0, 0.1) is 5.41 Å². The van der Waals surface area contributed by atoms with Crippen LogP contribution >= 0.6 is 0 Å². The van der Waals surface area contributed by atoms with Crippen molar-refractivity contribution in [3.05, 3.63) is 35.9 Å². The van der Waals surface area contributed by atoms with Crippen LogP contribution in [-0.4, -0.2) is 68.4 Å². The summed E-state index contributed by atoms with van der Waals surface area (Å²) in [4.78, 5) is 26.2. The summed E-state index contributed by atoms with van der Waals surface area (Å²) in [5.74, 6) is -0.234. The lowest BCUT2D eigenvalue weighted by atomic mass is 9.86. The molecule has 1 N–H and O–H groups in total. The Bertz CT molecular complexity index is 750. The number of benzene rings is 1. The Hall–Kier alpha value is -1.93. The summed E-state index contributed by atoms with van der Waals surface area (Å²) in [6, 6.07) is 8.92. The van der Waals surface area contributed by atoms with Gasteiger partial charge in [0.05, 0.1) is 6.26 Å². The van der Waals surface area contributed by atoms with Crippen molar-refractivity contribution in [2.75, 3.05) is 39.0 Å². The lowest BCUT2D eigenvalue weighted by molar-refractivity contribution is -0.119. The lowest BCUT2D eigenvalue weighted by Crippen LogP contribution is -2.44. The molecule has 2 amide bonds. The Morgan fingerprint density at radius 1 is 1.17 bits per heavy atom. The van der Waals surface area contributed by atoms with Gasteiger partial charge in [-0.25, -0.2) is 8.42 Å². The minimum absolute atomic E-state index is 0.0996. The van der Waals surface area contributed by atoms with Crippen molar-refractivity contribution in [2.24, 2.45) is 5.41 Å². The predicted octanol–water partition coefficient (Wildman–Crippen LogP) is -0.0897. The Labute approximate surface area is 141 Å². The van der Waals surface area contributed by atoms with E-state index in [1.807, 2.05) is 6.07 Å². The molecule has 1 aromatic carbocycles. The van der Waals surface area contributed by atoms with Crippen molar-refractivity contribution in [3.63, 3.8) is 0 Å². The van der Waals surface area contributed by atoms with Crippen LogP contribution in [0.15, 0.2) is 30.3 Å². The van der Waals surface area contributed by atoms with Gasteiger partial charge in [0.25, 0.3) is 5.91 Å². The Morgan fingerprint density at radius 2 is 1.88 bits per heavy atom. The highest BCUT2D eigenvalue weighted by atomic mass is 32.2. The number of hydrogen-bond acceptors (Lipinski definition) is 4. The first-order valence-electron chi connectivity index (χ1n) is 7.85. The molecule has 0 aromatic heterocycles. The summed E-state index contributed by atoms with van der Waals surface area (Å²) in [6.45, 7) is 1.56. The molecule has 24 heavy (non-hydrogen) atoms. The molecule has 8 heteroatoms. The quantitative estimate of drug-likeness (QED) is 0.807. The van der Waals surface area contributed by atoms with E-state index in [-0.39, 0.29) is 31.3 Å². The van der Waals surface area contributed by atoms with Gasteiger partial charge in [0.15, 0.2) is 0 Å². The van der Waals surface area contributed by atoms with Gasteiger partial charge in [0.2, 0.25) is 15.9 Å². The molecule has 7 nitrogen and oxygen atoms in total. The van der Waals surface area contributed by atoms with Gasteiger partial charge < -0.3 is 10.2 Å². The van der Waals surface area contributed by atoms with Gasteiger partial charge in [-0.05, 0) is 12.1 Å². The minimum atomic E-state index is -3.39. The molecule has 1 spiro atoms. The molecule has 1 aromatic rings. The van der Waals surface area contributed by atoms with Crippen LogP contribution < -0.4 is 5.32 Å². The second-order valence-electron chi connectivity index (χ2n) is 6.64. The van der Waals surface area contributed by atoms with Crippen molar-refractivity contribution in [1.29, 1.82) is 0 Å². The van der Waals surface area contributed by atoms with Crippen LogP contribution in [0.1, 0.15) is 16.8 Å². The number of carbonyl (C=O) groups excluding carboxylic acids is 2. The molecule has 1 atom stereocenters. The van der Waals surface area contributed by atoms with Crippen LogP contribution in [-0.2, 0) is 14.8 Å². The fraction of sp³-hybridized carbons (Fsp3) is 0.500. The van der Waals surface area contributed by atoms with Gasteiger partial charge in [0.1, 0.15) is 0 Å². The maximum absolute atomic E-state index is 12.8. The molecule has 0 bridgehead atoms. The Balaban J connectivity index is 1.89. The molecule has 3 rings (SSSR count). The molecule has 0 aliphatic carbocycles. The fourth-order valence-electron chi connectivity index (χ4n) is 3.41. The lowest BCUT2D eigenvalue weighted by Gasteiger charge is -2.32. The zero-order valence-corrected chi connectivity index (χ0v) is 14.4. The maximum Gasteiger partial charge on any atom is 0.253 e. The second kappa shape index (κ2) is 6.18. The van der Waals surface area contributed by atoms with Gasteiger partial charge >= 0.3 is 0 Å². The van der Waals surface area contributed by atoms with Crippen molar-refractivity contribution >= 4 is 21.8 Å². The summed E-state index contributed by atoms with van der Waals surface area (Å²) in [7, 11) is -3.39. The molecule has 2 heterocycles. The van der Waals surface area contributed by atoms with E-state index in [0.717, 1.165) is 0 Å². The number of sulfonamides is 1. The van der Waals surface area contributed by atoms with E-state index in [1.165, 1.54) is 10.6 Å². The highest BCUT2D eigenvalue weighted by Crippen LogP contribution is 2.32. The van der Waals surface area contributed by atoms with Crippen molar-refractivity contribution in [2.45, 2.75) is 6.42 Å². The topological polar surface area (TPSA) is 86.8 Å². The van der Waals surface area contributed by atoms with Crippen molar-refractivity contribution < 1.29 is 18.0 Å². The number of hydrogen-bond donors (Lipinski definition) is 1. The zero-order chi connectivity index (χ0) is 17.4. The van der Waals surface area contributed by atoms with E-state index in [9.17, 15) is 18.0 Å². The van der Waals surface area contributed by atoms with E-state index in [1.54, 1.807) is 29.2 Å². The Kier molecular flexibility index (Phi) is 4.35. The number of amides is 2. The molecule has 2 aliphatic rings. The number of nitrogens with one attached hydrogen (secondary N) is 1. The Morgan fingerprint density at radius 3 is 2.46 bits per heavy atom.